The molecule has 106 valence electrons. The Balaban J connectivity index is 4.04. The van der Waals surface area contributed by atoms with E-state index in [4.69, 9.17) is 14.6 Å². The summed E-state index contributed by atoms with van der Waals surface area (Å²) >= 11 is 0. The summed E-state index contributed by atoms with van der Waals surface area (Å²) in [5, 5.41) is 11.4. The molecular formula is C11H22N2O5. The number of carbonyl (C=O) groups is 2. The van der Waals surface area contributed by atoms with Gasteiger partial charge in [-0.3, -0.25) is 4.79 Å². The van der Waals surface area contributed by atoms with Crippen LogP contribution in [0.4, 0.5) is 4.79 Å². The van der Waals surface area contributed by atoms with Gasteiger partial charge >= 0.3 is 12.0 Å². The molecule has 0 aliphatic carbocycles. The molecule has 7 nitrogen and oxygen atoms in total. The molecule has 2 unspecified atom stereocenters. The van der Waals surface area contributed by atoms with E-state index in [0.29, 0.717) is 13.2 Å². The van der Waals surface area contributed by atoms with Crippen LogP contribution in [0.1, 0.15) is 6.92 Å². The Morgan fingerprint density at radius 2 is 2.00 bits per heavy atom. The normalized spacial score (nSPS) is 13.8. The number of urea groups is 1. The average molecular weight is 262 g/mol. The molecule has 0 aromatic rings. The zero-order valence-corrected chi connectivity index (χ0v) is 11.3. The summed E-state index contributed by atoms with van der Waals surface area (Å²) in [5.74, 6) is -1.53. The van der Waals surface area contributed by atoms with E-state index in [9.17, 15) is 9.59 Å². The van der Waals surface area contributed by atoms with Crippen molar-refractivity contribution in [3.63, 3.8) is 0 Å². The number of rotatable bonds is 8. The van der Waals surface area contributed by atoms with Crippen molar-refractivity contribution >= 4 is 12.0 Å². The third-order valence-corrected chi connectivity index (χ3v) is 2.48. The number of aliphatic carboxylic acids is 1. The lowest BCUT2D eigenvalue weighted by molar-refractivity contribution is -0.141. The van der Waals surface area contributed by atoms with Crippen LogP contribution in [-0.2, 0) is 14.3 Å². The van der Waals surface area contributed by atoms with Gasteiger partial charge < -0.3 is 24.8 Å². The van der Waals surface area contributed by atoms with Gasteiger partial charge in [0.25, 0.3) is 0 Å². The van der Waals surface area contributed by atoms with Crippen LogP contribution >= 0.6 is 0 Å². The van der Waals surface area contributed by atoms with Gasteiger partial charge in [-0.2, -0.15) is 0 Å². The Bertz CT molecular complexity index is 272. The molecular weight excluding hydrogens is 240 g/mol. The van der Waals surface area contributed by atoms with Crippen molar-refractivity contribution in [3.05, 3.63) is 0 Å². The molecule has 2 atom stereocenters. The molecule has 0 fully saturated rings. The summed E-state index contributed by atoms with van der Waals surface area (Å²) in [6.45, 7) is 2.40. The van der Waals surface area contributed by atoms with E-state index in [1.807, 2.05) is 0 Å². The van der Waals surface area contributed by atoms with E-state index in [1.165, 1.54) is 12.0 Å². The van der Waals surface area contributed by atoms with Crippen LogP contribution in [0.5, 0.6) is 0 Å². The quantitative estimate of drug-likeness (QED) is 0.643. The van der Waals surface area contributed by atoms with Gasteiger partial charge in [0.1, 0.15) is 0 Å². The molecule has 0 aliphatic heterocycles. The molecule has 0 bridgehead atoms. The molecule has 2 N–H and O–H groups in total. The van der Waals surface area contributed by atoms with E-state index in [-0.39, 0.29) is 18.7 Å². The highest BCUT2D eigenvalue weighted by Gasteiger charge is 2.18. The maximum absolute atomic E-state index is 11.7. The number of amides is 2. The van der Waals surface area contributed by atoms with Gasteiger partial charge in [-0.25, -0.2) is 4.79 Å². The number of hydrogen-bond acceptors (Lipinski definition) is 4. The second-order valence-electron chi connectivity index (χ2n) is 4.12. The first-order valence-electron chi connectivity index (χ1n) is 5.65. The standard InChI is InChI=1S/C11H22N2O5/c1-8(10(14)15)6-13(2)11(16)12-5-9(18-4)7-17-3/h8-9H,5-7H2,1-4H3,(H,12,16)(H,14,15). The largest absolute Gasteiger partial charge is 0.481 e. The van der Waals surface area contributed by atoms with Crippen molar-refractivity contribution in [1.82, 2.24) is 10.2 Å². The highest BCUT2D eigenvalue weighted by molar-refractivity contribution is 5.75. The Hall–Kier alpha value is -1.34. The van der Waals surface area contributed by atoms with Crippen LogP contribution in [0.3, 0.4) is 0 Å². The predicted octanol–water partition coefficient (Wildman–Crippen LogP) is 0.00990. The molecule has 7 heteroatoms. The molecule has 0 aromatic carbocycles. The molecule has 0 aromatic heterocycles. The third-order valence-electron chi connectivity index (χ3n) is 2.48. The lowest BCUT2D eigenvalue weighted by atomic mass is 10.2. The molecule has 0 heterocycles. The van der Waals surface area contributed by atoms with Crippen molar-refractivity contribution in [2.24, 2.45) is 5.92 Å². The second-order valence-corrected chi connectivity index (χ2v) is 4.12. The van der Waals surface area contributed by atoms with E-state index in [2.05, 4.69) is 5.32 Å². The van der Waals surface area contributed by atoms with Gasteiger partial charge in [-0.05, 0) is 0 Å². The monoisotopic (exact) mass is 262 g/mol. The molecule has 18 heavy (non-hydrogen) atoms. The van der Waals surface area contributed by atoms with Gasteiger partial charge in [0.05, 0.1) is 18.6 Å². The van der Waals surface area contributed by atoms with Gasteiger partial charge in [0.15, 0.2) is 0 Å². The van der Waals surface area contributed by atoms with Gasteiger partial charge in [-0.15, -0.1) is 0 Å². The number of nitrogens with one attached hydrogen (secondary N) is 1. The van der Waals surface area contributed by atoms with Crippen LogP contribution in [0.2, 0.25) is 0 Å². The van der Waals surface area contributed by atoms with Crippen molar-refractivity contribution in [3.8, 4) is 0 Å². The topological polar surface area (TPSA) is 88.1 Å². The fourth-order valence-corrected chi connectivity index (χ4v) is 1.30. The summed E-state index contributed by atoms with van der Waals surface area (Å²) in [7, 11) is 4.63. The Morgan fingerprint density at radius 3 is 2.44 bits per heavy atom. The van der Waals surface area contributed by atoms with E-state index < -0.39 is 11.9 Å². The predicted molar refractivity (Wildman–Crippen MR) is 65.5 cm³/mol. The Labute approximate surface area is 107 Å². The second kappa shape index (κ2) is 8.71. The first kappa shape index (κ1) is 16.7. The minimum Gasteiger partial charge on any atom is -0.481 e. The number of ether oxygens (including phenoxy) is 2. The minimum atomic E-state index is -0.927. The van der Waals surface area contributed by atoms with Crippen molar-refractivity contribution in [1.29, 1.82) is 0 Å². The number of methoxy groups -OCH3 is 2. The highest BCUT2D eigenvalue weighted by Crippen LogP contribution is 1.98. The number of nitrogens with zero attached hydrogens (tertiary/aromatic N) is 1. The van der Waals surface area contributed by atoms with Crippen LogP contribution in [0.15, 0.2) is 0 Å². The first-order valence-corrected chi connectivity index (χ1v) is 5.65. The van der Waals surface area contributed by atoms with Crippen molar-refractivity contribution in [2.45, 2.75) is 13.0 Å². The highest BCUT2D eigenvalue weighted by atomic mass is 16.5. The van der Waals surface area contributed by atoms with Gasteiger partial charge in [-0.1, -0.05) is 6.92 Å². The molecule has 0 rings (SSSR count). The maximum Gasteiger partial charge on any atom is 0.317 e. The molecule has 0 spiro atoms. The molecule has 0 saturated carbocycles. The van der Waals surface area contributed by atoms with Gasteiger partial charge in [0.2, 0.25) is 0 Å². The lowest BCUT2D eigenvalue weighted by Gasteiger charge is -2.22. The van der Waals surface area contributed by atoms with Crippen LogP contribution in [0, 0.1) is 5.92 Å². The average Bonchev–Trinajstić information content (AvgIpc) is 2.33. The molecule has 2 amide bonds. The zero-order chi connectivity index (χ0) is 14.1. The SMILES string of the molecule is COCC(CNC(=O)N(C)CC(C)C(=O)O)OC. The van der Waals surface area contributed by atoms with Crippen molar-refractivity contribution in [2.75, 3.05) is 41.0 Å². The van der Waals surface area contributed by atoms with Crippen molar-refractivity contribution < 1.29 is 24.2 Å². The zero-order valence-electron chi connectivity index (χ0n) is 11.3. The lowest BCUT2D eigenvalue weighted by Crippen LogP contribution is -2.44. The van der Waals surface area contributed by atoms with Crippen LogP contribution < -0.4 is 5.32 Å². The summed E-state index contributed by atoms with van der Waals surface area (Å²) in [6, 6.07) is -0.332. The summed E-state index contributed by atoms with van der Waals surface area (Å²) in [5.41, 5.74) is 0. The molecule has 0 saturated heterocycles. The number of carbonyl (C=O) groups excluding carboxylic acids is 1. The minimum absolute atomic E-state index is 0.156. The Kier molecular flexibility index (Phi) is 8.06. The number of hydrogen-bond donors (Lipinski definition) is 2. The fourth-order valence-electron chi connectivity index (χ4n) is 1.30. The fraction of sp³-hybridized carbons (Fsp3) is 0.818. The third kappa shape index (κ3) is 6.41. The van der Waals surface area contributed by atoms with E-state index in [0.717, 1.165) is 0 Å². The summed E-state index contributed by atoms with van der Waals surface area (Å²) in [4.78, 5) is 23.6. The van der Waals surface area contributed by atoms with E-state index >= 15 is 0 Å². The summed E-state index contributed by atoms with van der Waals surface area (Å²) in [6.07, 6.45) is -0.218. The van der Waals surface area contributed by atoms with Crippen LogP contribution in [0.25, 0.3) is 0 Å². The number of carboxylic acids is 1. The Morgan fingerprint density at radius 1 is 1.39 bits per heavy atom. The van der Waals surface area contributed by atoms with Gasteiger partial charge in [0, 0.05) is 34.4 Å². The maximum atomic E-state index is 11.7. The van der Waals surface area contributed by atoms with Crippen LogP contribution in [-0.4, -0.2) is 69.1 Å². The smallest absolute Gasteiger partial charge is 0.317 e. The molecule has 0 aliphatic rings. The summed E-state index contributed by atoms with van der Waals surface area (Å²) < 4.78 is 10.0. The molecule has 0 radical (unpaired) electrons. The van der Waals surface area contributed by atoms with E-state index in [1.54, 1.807) is 21.1 Å². The first-order chi connectivity index (χ1) is 8.42. The number of carboxylic acid groups (broad SMARTS) is 1.